The van der Waals surface area contributed by atoms with Gasteiger partial charge in [0.1, 0.15) is 5.02 Å². The van der Waals surface area contributed by atoms with E-state index >= 15 is 0 Å². The fraction of sp³-hybridized carbons (Fsp3) is 0.444. The molecule has 0 bridgehead atoms. The number of anilines is 2. The Labute approximate surface area is 98.0 Å². The van der Waals surface area contributed by atoms with Crippen LogP contribution in [0, 0.1) is 0 Å². The molecule has 1 fully saturated rings. The van der Waals surface area contributed by atoms with Crippen molar-refractivity contribution in [1.29, 1.82) is 0 Å². The Bertz CT molecular complexity index is 380. The first-order valence-corrected chi connectivity index (χ1v) is 5.42. The first-order valence-electron chi connectivity index (χ1n) is 5.04. The minimum Gasteiger partial charge on any atom is -0.369 e. The van der Waals surface area contributed by atoms with Crippen molar-refractivity contribution in [3.05, 3.63) is 11.2 Å². The monoisotopic (exact) mass is 241 g/mol. The van der Waals surface area contributed by atoms with Crippen LogP contribution >= 0.6 is 11.6 Å². The summed E-state index contributed by atoms with van der Waals surface area (Å²) in [6.07, 6.45) is 4.47. The average molecular weight is 242 g/mol. The van der Waals surface area contributed by atoms with E-state index in [1.807, 2.05) is 0 Å². The first kappa shape index (κ1) is 10.9. The van der Waals surface area contributed by atoms with Gasteiger partial charge >= 0.3 is 0 Å². The van der Waals surface area contributed by atoms with Gasteiger partial charge in [0, 0.05) is 13.1 Å². The van der Waals surface area contributed by atoms with E-state index in [2.05, 4.69) is 25.9 Å². The molecule has 1 amide bonds. The molecular weight excluding hydrogens is 230 g/mol. The van der Waals surface area contributed by atoms with Gasteiger partial charge in [0.05, 0.1) is 11.9 Å². The third-order valence-corrected chi connectivity index (χ3v) is 2.84. The number of hydrogen-bond acceptors (Lipinski definition) is 5. The summed E-state index contributed by atoms with van der Waals surface area (Å²) in [5.74, 6) is 0.359. The standard InChI is InChI=1S/C9H12ClN5O/c10-8-7(15-3-1-2-4-15)5-11-13-9(8)14-12-6-16/h5-6H,1-4H2,(H,12,16)(H,13,14). The fourth-order valence-corrected chi connectivity index (χ4v) is 1.97. The molecule has 2 rings (SSSR count). The van der Waals surface area contributed by atoms with Gasteiger partial charge in [-0.15, -0.1) is 5.10 Å². The molecule has 0 spiro atoms. The minimum absolute atomic E-state index is 0.359. The lowest BCUT2D eigenvalue weighted by molar-refractivity contribution is -0.109. The van der Waals surface area contributed by atoms with Crippen LogP contribution in [0.15, 0.2) is 6.20 Å². The highest BCUT2D eigenvalue weighted by molar-refractivity contribution is 6.35. The number of carbonyl (C=O) groups is 1. The van der Waals surface area contributed by atoms with E-state index in [-0.39, 0.29) is 0 Å². The summed E-state index contributed by atoms with van der Waals surface area (Å²) in [4.78, 5) is 12.3. The van der Waals surface area contributed by atoms with E-state index in [4.69, 9.17) is 11.6 Å². The van der Waals surface area contributed by atoms with Gasteiger partial charge in [0.25, 0.3) is 0 Å². The van der Waals surface area contributed by atoms with Gasteiger partial charge in [-0.25, -0.2) is 0 Å². The Morgan fingerprint density at radius 2 is 2.19 bits per heavy atom. The molecule has 0 aromatic carbocycles. The second kappa shape index (κ2) is 4.98. The number of nitrogens with one attached hydrogen (secondary N) is 2. The molecule has 6 nitrogen and oxygen atoms in total. The maximum atomic E-state index is 10.2. The Kier molecular flexibility index (Phi) is 3.40. The molecule has 0 unspecified atom stereocenters. The number of hydrazine groups is 1. The maximum absolute atomic E-state index is 10.2. The molecule has 0 saturated carbocycles. The smallest absolute Gasteiger partial charge is 0.225 e. The molecule has 1 aromatic rings. The van der Waals surface area contributed by atoms with Crippen LogP contribution in [-0.4, -0.2) is 29.7 Å². The highest BCUT2D eigenvalue weighted by Crippen LogP contribution is 2.31. The van der Waals surface area contributed by atoms with Crippen LogP contribution < -0.4 is 15.8 Å². The van der Waals surface area contributed by atoms with Gasteiger partial charge in [-0.3, -0.25) is 15.6 Å². The largest absolute Gasteiger partial charge is 0.369 e. The second-order valence-electron chi connectivity index (χ2n) is 3.47. The third kappa shape index (κ3) is 2.16. The summed E-state index contributed by atoms with van der Waals surface area (Å²) in [6.45, 7) is 1.96. The number of aromatic nitrogens is 2. The van der Waals surface area contributed by atoms with Crippen molar-refractivity contribution in [2.24, 2.45) is 0 Å². The highest BCUT2D eigenvalue weighted by atomic mass is 35.5. The lowest BCUT2D eigenvalue weighted by Gasteiger charge is -2.19. The van der Waals surface area contributed by atoms with Crippen molar-refractivity contribution >= 4 is 29.5 Å². The molecule has 0 aliphatic carbocycles. The number of rotatable bonds is 4. The van der Waals surface area contributed by atoms with E-state index in [0.717, 1.165) is 31.6 Å². The Morgan fingerprint density at radius 3 is 2.88 bits per heavy atom. The summed E-state index contributed by atoms with van der Waals surface area (Å²) in [5, 5.41) is 8.13. The van der Waals surface area contributed by atoms with E-state index < -0.39 is 0 Å². The van der Waals surface area contributed by atoms with E-state index in [1.54, 1.807) is 6.20 Å². The summed E-state index contributed by atoms with van der Waals surface area (Å²) in [6, 6.07) is 0. The topological polar surface area (TPSA) is 70.1 Å². The number of halogens is 1. The Hall–Kier alpha value is -1.56. The predicted octanol–water partition coefficient (Wildman–Crippen LogP) is 0.803. The van der Waals surface area contributed by atoms with Crippen LogP contribution in [-0.2, 0) is 4.79 Å². The molecule has 0 radical (unpaired) electrons. The van der Waals surface area contributed by atoms with Crippen LogP contribution in [0.3, 0.4) is 0 Å². The van der Waals surface area contributed by atoms with Crippen LogP contribution in [0.5, 0.6) is 0 Å². The molecule has 86 valence electrons. The number of carbonyl (C=O) groups excluding carboxylic acids is 1. The fourth-order valence-electron chi connectivity index (χ4n) is 1.72. The summed E-state index contributed by atoms with van der Waals surface area (Å²) >= 11 is 6.16. The van der Waals surface area contributed by atoms with Crippen LogP contribution in [0.25, 0.3) is 0 Å². The van der Waals surface area contributed by atoms with Gasteiger partial charge < -0.3 is 4.90 Å². The van der Waals surface area contributed by atoms with E-state index in [9.17, 15) is 4.79 Å². The van der Waals surface area contributed by atoms with Crippen LogP contribution in [0.2, 0.25) is 5.02 Å². The van der Waals surface area contributed by atoms with Crippen molar-refractivity contribution in [3.8, 4) is 0 Å². The number of nitrogens with zero attached hydrogens (tertiary/aromatic N) is 3. The maximum Gasteiger partial charge on any atom is 0.225 e. The second-order valence-corrected chi connectivity index (χ2v) is 3.85. The zero-order valence-corrected chi connectivity index (χ0v) is 9.37. The van der Waals surface area contributed by atoms with Gasteiger partial charge in [-0.2, -0.15) is 5.10 Å². The minimum atomic E-state index is 0.359. The summed E-state index contributed by atoms with van der Waals surface area (Å²) < 4.78 is 0. The van der Waals surface area contributed by atoms with E-state index in [0.29, 0.717) is 17.3 Å². The molecule has 1 aliphatic rings. The molecule has 1 aromatic heterocycles. The van der Waals surface area contributed by atoms with Crippen molar-refractivity contribution in [2.45, 2.75) is 12.8 Å². The van der Waals surface area contributed by atoms with Crippen molar-refractivity contribution < 1.29 is 4.79 Å². The zero-order valence-electron chi connectivity index (χ0n) is 8.61. The molecule has 1 aliphatic heterocycles. The molecule has 7 heteroatoms. The number of hydrogen-bond donors (Lipinski definition) is 2. The normalized spacial score (nSPS) is 14.9. The van der Waals surface area contributed by atoms with Crippen molar-refractivity contribution in [1.82, 2.24) is 15.6 Å². The third-order valence-electron chi connectivity index (χ3n) is 2.47. The molecule has 1 saturated heterocycles. The van der Waals surface area contributed by atoms with Gasteiger partial charge in [-0.1, -0.05) is 11.6 Å². The quantitative estimate of drug-likeness (QED) is 0.603. The average Bonchev–Trinajstić information content (AvgIpc) is 2.81. The van der Waals surface area contributed by atoms with Crippen molar-refractivity contribution in [2.75, 3.05) is 23.4 Å². The first-order chi connectivity index (χ1) is 7.83. The van der Waals surface area contributed by atoms with Crippen LogP contribution in [0.4, 0.5) is 11.5 Å². The molecule has 2 N–H and O–H groups in total. The SMILES string of the molecule is O=CNNc1nncc(N2CCCC2)c1Cl. The van der Waals surface area contributed by atoms with E-state index in [1.165, 1.54) is 0 Å². The molecular formula is C9H12ClN5O. The molecule has 16 heavy (non-hydrogen) atoms. The summed E-state index contributed by atoms with van der Waals surface area (Å²) in [5.41, 5.74) is 5.71. The van der Waals surface area contributed by atoms with Crippen LogP contribution in [0.1, 0.15) is 12.8 Å². The van der Waals surface area contributed by atoms with Gasteiger partial charge in [-0.05, 0) is 12.8 Å². The highest BCUT2D eigenvalue weighted by Gasteiger charge is 2.18. The predicted molar refractivity (Wildman–Crippen MR) is 61.3 cm³/mol. The molecule has 2 heterocycles. The lowest BCUT2D eigenvalue weighted by Crippen LogP contribution is -2.23. The summed E-state index contributed by atoms with van der Waals surface area (Å²) in [7, 11) is 0. The zero-order chi connectivity index (χ0) is 11.4. The van der Waals surface area contributed by atoms with Gasteiger partial charge in [0.2, 0.25) is 6.41 Å². The Balaban J connectivity index is 2.21. The van der Waals surface area contributed by atoms with Crippen molar-refractivity contribution in [3.63, 3.8) is 0 Å². The Morgan fingerprint density at radius 1 is 1.44 bits per heavy atom. The lowest BCUT2D eigenvalue weighted by atomic mass is 10.4. The number of amides is 1. The molecule has 0 atom stereocenters. The van der Waals surface area contributed by atoms with Gasteiger partial charge in [0.15, 0.2) is 5.82 Å².